The summed E-state index contributed by atoms with van der Waals surface area (Å²) in [6.07, 6.45) is 2.39. The number of H-pyrrole nitrogens is 1. The van der Waals surface area contributed by atoms with Gasteiger partial charge in [0.2, 0.25) is 11.9 Å². The first-order valence-electron chi connectivity index (χ1n) is 15.2. The van der Waals surface area contributed by atoms with E-state index in [1.165, 1.54) is 11.1 Å². The van der Waals surface area contributed by atoms with Crippen LogP contribution in [-0.4, -0.2) is 132 Å². The summed E-state index contributed by atoms with van der Waals surface area (Å²) >= 11 is 0. The quantitative estimate of drug-likeness (QED) is 0.124. The molecular formula is C24H26B10N8O5. The highest BCUT2D eigenvalue weighted by Gasteiger charge is 2.40. The van der Waals surface area contributed by atoms with Gasteiger partial charge in [-0.2, -0.15) is 4.98 Å². The second-order valence-electron chi connectivity index (χ2n) is 11.4. The molecule has 23 heteroatoms. The Labute approximate surface area is 280 Å². The summed E-state index contributed by atoms with van der Waals surface area (Å²) in [5, 5.41) is 12.9. The number of aliphatic carboxylic acids is 1. The Morgan fingerprint density at radius 3 is 2.60 bits per heavy atom. The SMILES string of the molecule is NC(=O)CC[C@@H](C(=O)O)N(CCC[C@]12[B][B][B][B][B][B][B][C@@H]([B][B]1)[B]2)C(=O)c1ccc(NCc2cnc3nc(N)[nH]c(=O)c3n2)cc1. The highest BCUT2D eigenvalue weighted by molar-refractivity contribution is 7.64. The number of carbonyl (C=O) groups excluding carboxylic acids is 2. The lowest BCUT2D eigenvalue weighted by atomic mass is 8.89. The molecule has 3 aromatic rings. The van der Waals surface area contributed by atoms with E-state index in [1.807, 2.05) is 35.3 Å². The van der Waals surface area contributed by atoms with Crippen molar-refractivity contribution in [2.75, 3.05) is 17.6 Å². The molecule has 0 spiro atoms. The fourth-order valence-corrected chi connectivity index (χ4v) is 5.65. The van der Waals surface area contributed by atoms with Gasteiger partial charge < -0.3 is 26.8 Å². The minimum Gasteiger partial charge on any atom is -0.480 e. The van der Waals surface area contributed by atoms with Gasteiger partial charge in [0.15, 0.2) is 11.2 Å². The summed E-state index contributed by atoms with van der Waals surface area (Å²) in [6, 6.07) is 5.35. The normalized spacial score (nSPS) is 18.7. The zero-order valence-electron chi connectivity index (χ0n) is 25.6. The smallest absolute Gasteiger partial charge is 0.326 e. The molecule has 2 amide bonds. The zero-order chi connectivity index (χ0) is 33.4. The summed E-state index contributed by atoms with van der Waals surface area (Å²) < 4.78 is 0. The number of nitrogen functional groups attached to an aromatic ring is 1. The monoisotopic (exact) mass is 616 g/mol. The Hall–Kier alpha value is -3.90. The second kappa shape index (κ2) is 15.8. The summed E-state index contributed by atoms with van der Waals surface area (Å²) in [5.74, 6) is -2.36. The molecule has 13 nitrogen and oxygen atoms in total. The molecule has 3 atom stereocenters. The number of hydrogen-bond acceptors (Lipinski definition) is 9. The molecule has 1 aromatic carbocycles. The van der Waals surface area contributed by atoms with Crippen LogP contribution in [0.25, 0.3) is 11.2 Å². The van der Waals surface area contributed by atoms with Gasteiger partial charge in [-0.25, -0.2) is 14.8 Å². The lowest BCUT2D eigenvalue weighted by Gasteiger charge is -2.34. The van der Waals surface area contributed by atoms with Crippen LogP contribution < -0.4 is 22.3 Å². The fraction of sp³-hybridized carbons (Fsp3) is 0.375. The lowest BCUT2D eigenvalue weighted by Crippen LogP contribution is -2.46. The van der Waals surface area contributed by atoms with Crippen LogP contribution in [0.2, 0.25) is 10.7 Å². The molecule has 4 heterocycles. The molecule has 2 fully saturated rings. The summed E-state index contributed by atoms with van der Waals surface area (Å²) in [5.41, 5.74) is 12.2. The van der Waals surface area contributed by atoms with Crippen LogP contribution in [0.3, 0.4) is 0 Å². The molecule has 2 aliphatic rings. The number of rotatable bonds is 13. The van der Waals surface area contributed by atoms with Crippen molar-refractivity contribution in [3.63, 3.8) is 0 Å². The summed E-state index contributed by atoms with van der Waals surface area (Å²) in [4.78, 5) is 66.1. The Morgan fingerprint density at radius 1 is 1.06 bits per heavy atom. The van der Waals surface area contributed by atoms with E-state index in [4.69, 9.17) is 11.5 Å². The van der Waals surface area contributed by atoms with Crippen LogP contribution in [0.15, 0.2) is 35.3 Å². The van der Waals surface area contributed by atoms with Crippen LogP contribution in [0.1, 0.15) is 41.7 Å². The number of fused-ring (bicyclic) bond motifs is 3. The van der Waals surface area contributed by atoms with Crippen molar-refractivity contribution in [3.05, 3.63) is 52.1 Å². The largest absolute Gasteiger partial charge is 0.480 e. The van der Waals surface area contributed by atoms with E-state index < -0.39 is 29.4 Å². The van der Waals surface area contributed by atoms with E-state index in [2.05, 4.69) is 61.2 Å². The number of anilines is 2. The Kier molecular flexibility index (Phi) is 11.6. The molecule has 2 bridgehead atoms. The number of nitrogens with one attached hydrogen (secondary N) is 2. The maximum Gasteiger partial charge on any atom is 0.326 e. The highest BCUT2D eigenvalue weighted by Crippen LogP contribution is 2.37. The number of carboxylic acid groups (broad SMARTS) is 1. The third-order valence-electron chi connectivity index (χ3n) is 8.00. The molecule has 2 saturated heterocycles. The molecule has 0 aliphatic carbocycles. The second-order valence-corrected chi connectivity index (χ2v) is 11.4. The summed E-state index contributed by atoms with van der Waals surface area (Å²) in [6.45, 7) is 0.392. The molecule has 10 radical (unpaired) electrons. The van der Waals surface area contributed by atoms with Crippen molar-refractivity contribution < 1.29 is 19.5 Å². The number of carboxylic acids is 1. The van der Waals surface area contributed by atoms with Crippen molar-refractivity contribution in [2.45, 2.75) is 49.0 Å². The van der Waals surface area contributed by atoms with Crippen LogP contribution in [0.4, 0.5) is 11.6 Å². The van der Waals surface area contributed by atoms with Crippen molar-refractivity contribution >= 4 is 112 Å². The highest BCUT2D eigenvalue weighted by atomic mass is 16.4. The Balaban J connectivity index is 1.27. The minimum absolute atomic E-state index is 0.0482. The number of hydrogen-bond donors (Lipinski definition) is 5. The molecular weight excluding hydrogens is 588 g/mol. The number of nitrogens with two attached hydrogens (primary N) is 2. The van der Waals surface area contributed by atoms with Gasteiger partial charge in [0.25, 0.3) is 11.5 Å². The van der Waals surface area contributed by atoms with E-state index >= 15 is 0 Å². The Morgan fingerprint density at radius 2 is 1.83 bits per heavy atom. The number of benzene rings is 1. The van der Waals surface area contributed by atoms with Crippen molar-refractivity contribution in [1.29, 1.82) is 0 Å². The van der Waals surface area contributed by atoms with Crippen LogP contribution in [-0.2, 0) is 16.1 Å². The van der Waals surface area contributed by atoms with E-state index in [0.29, 0.717) is 24.2 Å². The van der Waals surface area contributed by atoms with Gasteiger partial charge in [0.05, 0.1) is 32.9 Å². The number of aromatic amines is 1. The topological polar surface area (TPSA) is 210 Å². The average Bonchev–Trinajstić information content (AvgIpc) is 3.43. The third kappa shape index (κ3) is 9.13. The zero-order valence-corrected chi connectivity index (χ0v) is 25.6. The van der Waals surface area contributed by atoms with Crippen molar-refractivity contribution in [2.24, 2.45) is 5.73 Å². The predicted molar refractivity (Wildman–Crippen MR) is 190 cm³/mol. The van der Waals surface area contributed by atoms with Gasteiger partial charge in [0.1, 0.15) is 6.04 Å². The maximum atomic E-state index is 13.8. The predicted octanol–water partition coefficient (Wildman–Crippen LogP) is -2.90. The fourth-order valence-electron chi connectivity index (χ4n) is 5.65. The first kappa shape index (κ1) is 34.4. The van der Waals surface area contributed by atoms with E-state index in [1.54, 1.807) is 24.3 Å². The van der Waals surface area contributed by atoms with E-state index in [-0.39, 0.29) is 59.3 Å². The maximum absolute atomic E-state index is 13.8. The van der Waals surface area contributed by atoms with Gasteiger partial charge in [-0.3, -0.25) is 19.4 Å². The van der Waals surface area contributed by atoms with Gasteiger partial charge in [0, 0.05) is 81.0 Å². The van der Waals surface area contributed by atoms with Gasteiger partial charge >= 0.3 is 5.97 Å². The molecule has 222 valence electrons. The summed E-state index contributed by atoms with van der Waals surface area (Å²) in [7, 11) is 20.6. The molecule has 0 saturated carbocycles. The van der Waals surface area contributed by atoms with E-state index in [0.717, 1.165) is 0 Å². The molecule has 0 unspecified atom stereocenters. The number of primary amides is 1. The molecule has 2 aliphatic heterocycles. The number of aromatic nitrogens is 4. The molecule has 47 heavy (non-hydrogen) atoms. The number of amides is 2. The number of carbonyl (C=O) groups is 3. The first-order chi connectivity index (χ1) is 22.6. The number of nitrogens with zero attached hydrogens (tertiary/aromatic N) is 4. The minimum atomic E-state index is -1.23. The van der Waals surface area contributed by atoms with Crippen molar-refractivity contribution in [1.82, 2.24) is 24.8 Å². The standard InChI is InChI=1S/C24H26B10N8O5/c35-16(43)7-6-15(21(46)47)42(9-1-8-24-25-22(26-28-24)27-30-32-34-33-31-29-24)20(45)12-2-4-13(5-3-12)37-10-14-11-38-18-17(39-14)19(44)41-23(36)40-18/h2-5,11,15,22,37H,1,6-10H2,(H2,35,43)(H,46,47)(H3,36,38,40,41,44)/t15-,22+,24+/m0/s1. The van der Waals surface area contributed by atoms with Gasteiger partial charge in [-0.05, 0) is 37.1 Å². The van der Waals surface area contributed by atoms with Gasteiger partial charge in [-0.15, -0.1) is 10.7 Å². The van der Waals surface area contributed by atoms with Crippen LogP contribution in [0.5, 0.6) is 0 Å². The Bertz CT molecular complexity index is 1660. The average molecular weight is 615 g/mol. The lowest BCUT2D eigenvalue weighted by molar-refractivity contribution is -0.142. The molecule has 7 N–H and O–H groups in total. The van der Waals surface area contributed by atoms with Crippen molar-refractivity contribution in [3.8, 4) is 0 Å². The van der Waals surface area contributed by atoms with Gasteiger partial charge in [-0.1, -0.05) is 6.42 Å². The third-order valence-corrected chi connectivity index (χ3v) is 8.00. The van der Waals surface area contributed by atoms with Crippen LogP contribution >= 0.6 is 0 Å². The molecule has 2 aromatic heterocycles. The first-order valence-corrected chi connectivity index (χ1v) is 15.2. The molecule has 5 rings (SSSR count). The van der Waals surface area contributed by atoms with Crippen LogP contribution in [0, 0.1) is 0 Å². The van der Waals surface area contributed by atoms with E-state index in [9.17, 15) is 24.3 Å².